The molecule has 3 N–H and O–H groups in total. The maximum atomic E-state index is 12.5. The van der Waals surface area contributed by atoms with E-state index in [1.165, 1.54) is 18.9 Å². The van der Waals surface area contributed by atoms with E-state index in [1.807, 2.05) is 0 Å². The van der Waals surface area contributed by atoms with E-state index in [0.717, 1.165) is 0 Å². The van der Waals surface area contributed by atoms with Gasteiger partial charge in [-0.2, -0.15) is 4.98 Å². The number of nitrogen functional groups attached to an aromatic ring is 1. The minimum absolute atomic E-state index is 0.0807. The SMILES string of the molecule is COc1ccc(C(=O)[C@H](C)Sc2n[nH]c(N)n2)c(OC)c1. The Balaban J connectivity index is 2.18. The summed E-state index contributed by atoms with van der Waals surface area (Å²) in [4.78, 5) is 16.5. The van der Waals surface area contributed by atoms with Crippen LogP contribution in [-0.2, 0) is 0 Å². The van der Waals surface area contributed by atoms with Crippen LogP contribution in [0.15, 0.2) is 23.4 Å². The number of benzene rings is 1. The average molecular weight is 308 g/mol. The van der Waals surface area contributed by atoms with Gasteiger partial charge in [-0.25, -0.2) is 5.10 Å². The lowest BCUT2D eigenvalue weighted by atomic mass is 10.1. The topological polar surface area (TPSA) is 103 Å². The number of H-pyrrole nitrogens is 1. The second-order valence-corrected chi connectivity index (χ2v) is 5.50. The fourth-order valence-corrected chi connectivity index (χ4v) is 2.54. The van der Waals surface area contributed by atoms with Gasteiger partial charge in [-0.15, -0.1) is 5.10 Å². The number of carbonyl (C=O) groups is 1. The van der Waals surface area contributed by atoms with Crippen molar-refractivity contribution in [2.45, 2.75) is 17.3 Å². The highest BCUT2D eigenvalue weighted by atomic mass is 32.2. The van der Waals surface area contributed by atoms with Crippen molar-refractivity contribution >= 4 is 23.5 Å². The lowest BCUT2D eigenvalue weighted by molar-refractivity contribution is 0.0991. The molecule has 0 spiro atoms. The van der Waals surface area contributed by atoms with Crippen LogP contribution in [0.2, 0.25) is 0 Å². The van der Waals surface area contributed by atoms with Crippen molar-refractivity contribution in [3.05, 3.63) is 23.8 Å². The maximum absolute atomic E-state index is 12.5. The molecule has 0 aliphatic heterocycles. The zero-order chi connectivity index (χ0) is 15.4. The number of nitrogens with two attached hydrogens (primary N) is 1. The van der Waals surface area contributed by atoms with Gasteiger partial charge in [0.15, 0.2) is 5.78 Å². The highest BCUT2D eigenvalue weighted by molar-refractivity contribution is 8.00. The van der Waals surface area contributed by atoms with Crippen LogP contribution >= 0.6 is 11.8 Å². The van der Waals surface area contributed by atoms with Gasteiger partial charge in [0, 0.05) is 6.07 Å². The van der Waals surface area contributed by atoms with Crippen LogP contribution in [0.25, 0.3) is 0 Å². The second kappa shape index (κ2) is 6.49. The Hall–Kier alpha value is -2.22. The number of aromatic amines is 1. The number of ether oxygens (including phenoxy) is 2. The van der Waals surface area contributed by atoms with E-state index in [0.29, 0.717) is 22.2 Å². The predicted molar refractivity (Wildman–Crippen MR) is 80.0 cm³/mol. The molecule has 2 rings (SSSR count). The molecule has 1 aromatic heterocycles. The van der Waals surface area contributed by atoms with Crippen LogP contribution in [0.3, 0.4) is 0 Å². The third kappa shape index (κ3) is 3.46. The number of nitrogens with one attached hydrogen (secondary N) is 1. The van der Waals surface area contributed by atoms with E-state index in [9.17, 15) is 4.79 Å². The van der Waals surface area contributed by atoms with Gasteiger partial charge in [0.05, 0.1) is 25.0 Å². The van der Waals surface area contributed by atoms with Crippen molar-refractivity contribution in [3.63, 3.8) is 0 Å². The second-order valence-electron chi connectivity index (χ2n) is 4.19. The van der Waals surface area contributed by atoms with Crippen molar-refractivity contribution in [1.82, 2.24) is 15.2 Å². The van der Waals surface area contributed by atoms with E-state index in [-0.39, 0.29) is 17.0 Å². The molecule has 0 bridgehead atoms. The minimum Gasteiger partial charge on any atom is -0.497 e. The van der Waals surface area contributed by atoms with Gasteiger partial charge in [-0.3, -0.25) is 4.79 Å². The normalized spacial score (nSPS) is 12.0. The number of methoxy groups -OCH3 is 2. The summed E-state index contributed by atoms with van der Waals surface area (Å²) >= 11 is 1.23. The Morgan fingerprint density at radius 2 is 2.14 bits per heavy atom. The standard InChI is InChI=1S/C13H16N4O3S/c1-7(21-13-15-12(14)16-17-13)11(18)9-5-4-8(19-2)6-10(9)20-3/h4-7H,1-3H3,(H3,14,15,16,17)/t7-/m0/s1. The highest BCUT2D eigenvalue weighted by Gasteiger charge is 2.22. The summed E-state index contributed by atoms with van der Waals surface area (Å²) in [6.45, 7) is 1.78. The van der Waals surface area contributed by atoms with Crippen LogP contribution in [0, 0.1) is 0 Å². The molecular formula is C13H16N4O3S. The Morgan fingerprint density at radius 1 is 1.38 bits per heavy atom. The van der Waals surface area contributed by atoms with E-state index in [4.69, 9.17) is 15.2 Å². The smallest absolute Gasteiger partial charge is 0.216 e. The molecule has 8 heteroatoms. The van der Waals surface area contributed by atoms with E-state index in [2.05, 4.69) is 15.2 Å². The Bertz CT molecular complexity index is 644. The first-order valence-corrected chi connectivity index (χ1v) is 7.04. The van der Waals surface area contributed by atoms with Crippen LogP contribution in [-0.4, -0.2) is 40.4 Å². The van der Waals surface area contributed by atoms with Gasteiger partial charge in [0.25, 0.3) is 0 Å². The zero-order valence-corrected chi connectivity index (χ0v) is 12.7. The Kier molecular flexibility index (Phi) is 4.69. The summed E-state index contributed by atoms with van der Waals surface area (Å²) in [6.07, 6.45) is 0. The molecule has 112 valence electrons. The van der Waals surface area contributed by atoms with Crippen molar-refractivity contribution < 1.29 is 14.3 Å². The summed E-state index contributed by atoms with van der Waals surface area (Å²) in [5, 5.41) is 6.49. The molecule has 0 aliphatic carbocycles. The summed E-state index contributed by atoms with van der Waals surface area (Å²) < 4.78 is 10.4. The predicted octanol–water partition coefficient (Wildman–Crippen LogP) is 1.77. The molecule has 0 saturated heterocycles. The lowest BCUT2D eigenvalue weighted by Crippen LogP contribution is -2.15. The molecule has 0 amide bonds. The number of hydrogen-bond acceptors (Lipinski definition) is 7. The number of thioether (sulfide) groups is 1. The first-order chi connectivity index (χ1) is 10.0. The number of nitrogens with zero attached hydrogens (tertiary/aromatic N) is 2. The van der Waals surface area contributed by atoms with Gasteiger partial charge in [-0.1, -0.05) is 11.8 Å². The van der Waals surface area contributed by atoms with Gasteiger partial charge in [-0.05, 0) is 19.1 Å². The van der Waals surface area contributed by atoms with Crippen LogP contribution in [0.4, 0.5) is 5.95 Å². The molecule has 0 radical (unpaired) electrons. The Labute approximate surface area is 126 Å². The summed E-state index contributed by atoms with van der Waals surface area (Å²) in [5.74, 6) is 1.24. The van der Waals surface area contributed by atoms with Gasteiger partial charge < -0.3 is 15.2 Å². The fraction of sp³-hybridized carbons (Fsp3) is 0.308. The average Bonchev–Trinajstić information content (AvgIpc) is 2.90. The summed E-state index contributed by atoms with van der Waals surface area (Å²) in [7, 11) is 3.07. The molecule has 2 aromatic rings. The molecule has 1 aromatic carbocycles. The number of ketones is 1. The monoisotopic (exact) mass is 308 g/mol. The summed E-state index contributed by atoms with van der Waals surface area (Å²) in [5.41, 5.74) is 5.95. The molecule has 7 nitrogen and oxygen atoms in total. The van der Waals surface area contributed by atoms with Crippen LogP contribution in [0.5, 0.6) is 11.5 Å². The quantitative estimate of drug-likeness (QED) is 0.619. The third-order valence-corrected chi connectivity index (χ3v) is 3.77. The van der Waals surface area contributed by atoms with Crippen molar-refractivity contribution in [3.8, 4) is 11.5 Å². The van der Waals surface area contributed by atoms with Gasteiger partial charge in [0.1, 0.15) is 11.5 Å². The molecule has 0 saturated carbocycles. The van der Waals surface area contributed by atoms with Crippen molar-refractivity contribution in [1.29, 1.82) is 0 Å². The van der Waals surface area contributed by atoms with Crippen LogP contribution < -0.4 is 15.2 Å². The molecule has 0 aliphatic rings. The molecule has 0 fully saturated rings. The maximum Gasteiger partial charge on any atom is 0.216 e. The largest absolute Gasteiger partial charge is 0.497 e. The van der Waals surface area contributed by atoms with Crippen LogP contribution in [0.1, 0.15) is 17.3 Å². The third-order valence-electron chi connectivity index (χ3n) is 2.81. The van der Waals surface area contributed by atoms with E-state index < -0.39 is 0 Å². The first-order valence-electron chi connectivity index (χ1n) is 6.16. The summed E-state index contributed by atoms with van der Waals surface area (Å²) in [6, 6.07) is 5.08. The highest BCUT2D eigenvalue weighted by Crippen LogP contribution is 2.29. The number of Topliss-reactive ketones (excluding diaryl/α,β-unsaturated/α-hetero) is 1. The van der Waals surface area contributed by atoms with E-state index >= 15 is 0 Å². The van der Waals surface area contributed by atoms with Crippen molar-refractivity contribution in [2.75, 3.05) is 20.0 Å². The number of aromatic nitrogens is 3. The number of carbonyl (C=O) groups excluding carboxylic acids is 1. The minimum atomic E-state index is -0.373. The van der Waals surface area contributed by atoms with Gasteiger partial charge >= 0.3 is 0 Å². The Morgan fingerprint density at radius 3 is 2.71 bits per heavy atom. The van der Waals surface area contributed by atoms with Crippen molar-refractivity contribution in [2.24, 2.45) is 0 Å². The fourth-order valence-electron chi connectivity index (χ4n) is 1.74. The molecule has 1 heterocycles. The molecular weight excluding hydrogens is 292 g/mol. The molecule has 1 atom stereocenters. The first kappa shape index (κ1) is 15.2. The molecule has 0 unspecified atom stereocenters. The molecule has 21 heavy (non-hydrogen) atoms. The van der Waals surface area contributed by atoms with Gasteiger partial charge in [0.2, 0.25) is 11.1 Å². The van der Waals surface area contributed by atoms with E-state index in [1.54, 1.807) is 32.2 Å². The number of hydrogen-bond donors (Lipinski definition) is 2. The number of anilines is 1. The zero-order valence-electron chi connectivity index (χ0n) is 11.9. The lowest BCUT2D eigenvalue weighted by Gasteiger charge is -2.12. The number of rotatable bonds is 6.